The van der Waals surface area contributed by atoms with Crippen molar-refractivity contribution in [3.8, 4) is 34.1 Å². The monoisotopic (exact) mass is 570 g/mol. The molecule has 0 spiro atoms. The van der Waals surface area contributed by atoms with Gasteiger partial charge in [0.2, 0.25) is 0 Å². The smallest absolute Gasteiger partial charge is 0.282 e. The van der Waals surface area contributed by atoms with Crippen LogP contribution in [-0.4, -0.2) is 50.7 Å². The number of rotatable bonds is 11. The van der Waals surface area contributed by atoms with E-state index in [-0.39, 0.29) is 34.0 Å². The van der Waals surface area contributed by atoms with Crippen molar-refractivity contribution < 1.29 is 28.8 Å². The van der Waals surface area contributed by atoms with Crippen LogP contribution >= 0.6 is 0 Å². The van der Waals surface area contributed by atoms with Gasteiger partial charge in [0.05, 0.1) is 72.9 Å². The summed E-state index contributed by atoms with van der Waals surface area (Å²) in [6, 6.07) is 20.3. The molecule has 4 aromatic carbocycles. The highest BCUT2D eigenvalue weighted by Gasteiger charge is 2.19. The molecule has 12 heteroatoms. The summed E-state index contributed by atoms with van der Waals surface area (Å²) >= 11 is 0. The predicted molar refractivity (Wildman–Crippen MR) is 159 cm³/mol. The molecular formula is C30H26N4O8. The van der Waals surface area contributed by atoms with Crippen LogP contribution in [0, 0.1) is 20.2 Å². The van der Waals surface area contributed by atoms with Crippen molar-refractivity contribution in [2.75, 3.05) is 28.4 Å². The molecule has 42 heavy (non-hydrogen) atoms. The minimum absolute atomic E-state index is 0.156. The van der Waals surface area contributed by atoms with Gasteiger partial charge in [0, 0.05) is 12.4 Å². The molecular weight excluding hydrogens is 544 g/mol. The summed E-state index contributed by atoms with van der Waals surface area (Å²) in [5.41, 5.74) is 3.26. The van der Waals surface area contributed by atoms with Crippen molar-refractivity contribution in [1.29, 1.82) is 0 Å². The number of nitrogens with zero attached hydrogens (tertiary/aromatic N) is 4. The molecule has 0 unspecified atom stereocenters. The van der Waals surface area contributed by atoms with Gasteiger partial charge in [0.15, 0.2) is 23.0 Å². The van der Waals surface area contributed by atoms with E-state index in [0.717, 1.165) is 11.1 Å². The summed E-state index contributed by atoms with van der Waals surface area (Å²) in [6.45, 7) is 0. The lowest BCUT2D eigenvalue weighted by Gasteiger charge is -2.08. The Morgan fingerprint density at radius 2 is 0.857 bits per heavy atom. The molecule has 0 amide bonds. The first kappa shape index (κ1) is 29.2. The second-order valence-corrected chi connectivity index (χ2v) is 8.66. The molecule has 0 heterocycles. The van der Waals surface area contributed by atoms with E-state index in [0.29, 0.717) is 22.9 Å². The molecule has 0 N–H and O–H groups in total. The lowest BCUT2D eigenvalue weighted by Crippen LogP contribution is -1.98. The summed E-state index contributed by atoms with van der Waals surface area (Å²) in [7, 11) is 5.72. The minimum atomic E-state index is -0.505. The summed E-state index contributed by atoms with van der Waals surface area (Å²) < 4.78 is 20.8. The molecule has 0 aliphatic heterocycles. The van der Waals surface area contributed by atoms with E-state index in [1.54, 1.807) is 24.3 Å². The van der Waals surface area contributed by atoms with Crippen LogP contribution in [0.25, 0.3) is 11.1 Å². The van der Waals surface area contributed by atoms with Crippen LogP contribution in [0.1, 0.15) is 11.1 Å². The Kier molecular flexibility index (Phi) is 9.07. The van der Waals surface area contributed by atoms with E-state index in [2.05, 4.69) is 9.98 Å². The van der Waals surface area contributed by atoms with Gasteiger partial charge in [-0.1, -0.05) is 24.3 Å². The Morgan fingerprint density at radius 3 is 1.14 bits per heavy atom. The molecule has 0 aliphatic rings. The highest BCUT2D eigenvalue weighted by Crippen LogP contribution is 2.35. The van der Waals surface area contributed by atoms with Gasteiger partial charge >= 0.3 is 0 Å². The zero-order valence-corrected chi connectivity index (χ0v) is 23.1. The number of nitro groups is 2. The molecule has 0 atom stereocenters. The lowest BCUT2D eigenvalue weighted by atomic mass is 10.1. The molecule has 4 aromatic rings. The van der Waals surface area contributed by atoms with Gasteiger partial charge < -0.3 is 18.9 Å². The summed E-state index contributed by atoms with van der Waals surface area (Å²) in [5.74, 6) is 1.22. The zero-order chi connectivity index (χ0) is 30.2. The molecule has 214 valence electrons. The van der Waals surface area contributed by atoms with Crippen molar-refractivity contribution in [3.05, 3.63) is 104 Å². The first-order valence-corrected chi connectivity index (χ1v) is 12.4. The number of aliphatic imine (C=N–C) groups is 2. The van der Waals surface area contributed by atoms with Crippen LogP contribution in [0.15, 0.2) is 82.8 Å². The highest BCUT2D eigenvalue weighted by atomic mass is 16.6. The standard InChI is InChI=1S/C30H26N4O8/c1-39-27-13-21(25(33(35)36)15-29(27)41-3)17-31-23-9-5-19(6-10-23)20-7-11-24(12-8-20)32-18-22-14-28(40-2)30(42-4)16-26(22)34(37)38/h5-18H,1-4H3. The largest absolute Gasteiger partial charge is 0.493 e. The third-order valence-corrected chi connectivity index (χ3v) is 6.23. The van der Waals surface area contributed by atoms with Crippen LogP contribution < -0.4 is 18.9 Å². The van der Waals surface area contributed by atoms with Crippen LogP contribution in [0.2, 0.25) is 0 Å². The summed E-state index contributed by atoms with van der Waals surface area (Å²) in [6.07, 6.45) is 2.81. The maximum absolute atomic E-state index is 11.5. The average molecular weight is 571 g/mol. The fraction of sp³-hybridized carbons (Fsp3) is 0.133. The Hall–Kier alpha value is -5.78. The van der Waals surface area contributed by atoms with Gasteiger partial charge in [-0.2, -0.15) is 0 Å². The van der Waals surface area contributed by atoms with Crippen LogP contribution in [0.5, 0.6) is 23.0 Å². The molecule has 0 aromatic heterocycles. The van der Waals surface area contributed by atoms with E-state index >= 15 is 0 Å². The molecule has 0 fully saturated rings. The quantitative estimate of drug-likeness (QED) is 0.110. The topological polar surface area (TPSA) is 148 Å². The number of hydrogen-bond donors (Lipinski definition) is 0. The van der Waals surface area contributed by atoms with Gasteiger partial charge in [0.25, 0.3) is 11.4 Å². The first-order chi connectivity index (χ1) is 20.3. The van der Waals surface area contributed by atoms with Crippen LogP contribution in [0.4, 0.5) is 22.7 Å². The van der Waals surface area contributed by atoms with E-state index in [9.17, 15) is 20.2 Å². The average Bonchev–Trinajstić information content (AvgIpc) is 3.02. The highest BCUT2D eigenvalue weighted by molar-refractivity contribution is 5.89. The number of methoxy groups -OCH3 is 4. The van der Waals surface area contributed by atoms with E-state index < -0.39 is 9.85 Å². The van der Waals surface area contributed by atoms with Gasteiger partial charge in [-0.05, 0) is 47.5 Å². The second kappa shape index (κ2) is 13.0. The third-order valence-electron chi connectivity index (χ3n) is 6.23. The first-order valence-electron chi connectivity index (χ1n) is 12.4. The molecule has 0 aliphatic carbocycles. The van der Waals surface area contributed by atoms with Crippen LogP contribution in [0.3, 0.4) is 0 Å². The molecule has 4 rings (SSSR count). The van der Waals surface area contributed by atoms with Gasteiger partial charge in [-0.3, -0.25) is 30.2 Å². The summed E-state index contributed by atoms with van der Waals surface area (Å²) in [5, 5.41) is 23.1. The molecule has 0 saturated carbocycles. The van der Waals surface area contributed by atoms with Crippen molar-refractivity contribution in [2.45, 2.75) is 0 Å². The number of hydrogen-bond acceptors (Lipinski definition) is 10. The SMILES string of the molecule is COc1cc(C=Nc2ccc(-c3ccc(N=Cc4cc(OC)c(OC)cc4[N+](=O)[O-])cc3)cc2)c([N+](=O)[O-])cc1OC. The maximum Gasteiger partial charge on any atom is 0.282 e. The fourth-order valence-corrected chi connectivity index (χ4v) is 4.06. The Bertz CT molecular complexity index is 1540. The van der Waals surface area contributed by atoms with Crippen molar-refractivity contribution in [1.82, 2.24) is 0 Å². The van der Waals surface area contributed by atoms with Gasteiger partial charge in [-0.25, -0.2) is 0 Å². The van der Waals surface area contributed by atoms with E-state index in [4.69, 9.17) is 18.9 Å². The van der Waals surface area contributed by atoms with Crippen molar-refractivity contribution >= 4 is 35.2 Å². The van der Waals surface area contributed by atoms with E-state index in [1.165, 1.54) is 65.1 Å². The van der Waals surface area contributed by atoms with E-state index in [1.807, 2.05) is 24.3 Å². The molecule has 0 radical (unpaired) electrons. The minimum Gasteiger partial charge on any atom is -0.493 e. The Morgan fingerprint density at radius 1 is 0.548 bits per heavy atom. The van der Waals surface area contributed by atoms with Gasteiger partial charge in [-0.15, -0.1) is 0 Å². The Labute approximate surface area is 240 Å². The third kappa shape index (κ3) is 6.50. The van der Waals surface area contributed by atoms with Gasteiger partial charge in [0.1, 0.15) is 0 Å². The Balaban J connectivity index is 1.52. The maximum atomic E-state index is 11.5. The summed E-state index contributed by atoms with van der Waals surface area (Å²) in [4.78, 5) is 30.8. The number of nitro benzene ring substituents is 2. The molecule has 0 bridgehead atoms. The second-order valence-electron chi connectivity index (χ2n) is 8.66. The normalized spacial score (nSPS) is 11.0. The van der Waals surface area contributed by atoms with Crippen molar-refractivity contribution in [2.24, 2.45) is 9.98 Å². The number of benzene rings is 4. The predicted octanol–water partition coefficient (Wildman–Crippen LogP) is 6.71. The molecule has 0 saturated heterocycles. The fourth-order valence-electron chi connectivity index (χ4n) is 4.06. The van der Waals surface area contributed by atoms with Crippen LogP contribution in [-0.2, 0) is 0 Å². The lowest BCUT2D eigenvalue weighted by molar-refractivity contribution is -0.385. The van der Waals surface area contributed by atoms with Crippen molar-refractivity contribution in [3.63, 3.8) is 0 Å². The zero-order valence-electron chi connectivity index (χ0n) is 23.1. The number of ether oxygens (including phenoxy) is 4. The molecule has 12 nitrogen and oxygen atoms in total.